The Balaban J connectivity index is 0.00000200. The van der Waals surface area contributed by atoms with Gasteiger partial charge >= 0.3 is 0 Å². The first kappa shape index (κ1) is 17.3. The largest absolute Gasteiger partial charge is 0.329 e. The number of hydrogen-bond acceptors (Lipinski definition) is 3. The third-order valence-electron chi connectivity index (χ3n) is 3.49. The molecule has 3 N–H and O–H groups in total. The highest BCUT2D eigenvalue weighted by Crippen LogP contribution is 2.31. The van der Waals surface area contributed by atoms with Crippen LogP contribution in [-0.2, 0) is 10.0 Å². The van der Waals surface area contributed by atoms with Crippen molar-refractivity contribution in [1.82, 2.24) is 4.72 Å². The second kappa shape index (κ2) is 6.34. The van der Waals surface area contributed by atoms with E-state index in [1.165, 1.54) is 0 Å². The van der Waals surface area contributed by atoms with Crippen LogP contribution in [0, 0.1) is 11.6 Å². The second-order valence-corrected chi connectivity index (χ2v) is 6.47. The minimum Gasteiger partial charge on any atom is -0.329 e. The van der Waals surface area contributed by atoms with Gasteiger partial charge in [-0.2, -0.15) is 0 Å². The molecule has 1 saturated carbocycles. The molecule has 2 rings (SSSR count). The van der Waals surface area contributed by atoms with Gasteiger partial charge in [0.2, 0.25) is 10.0 Å². The Labute approximate surface area is 123 Å². The van der Waals surface area contributed by atoms with Gasteiger partial charge in [0.05, 0.1) is 0 Å². The van der Waals surface area contributed by atoms with Gasteiger partial charge in [-0.1, -0.05) is 18.9 Å². The lowest BCUT2D eigenvalue weighted by molar-refractivity contribution is 0.396. The predicted octanol–water partition coefficient (Wildman–Crippen LogP) is 1.94. The molecule has 4 nitrogen and oxygen atoms in total. The molecule has 0 unspecified atom stereocenters. The Bertz CT molecular complexity index is 555. The van der Waals surface area contributed by atoms with Crippen LogP contribution in [0.25, 0.3) is 0 Å². The van der Waals surface area contributed by atoms with Crippen LogP contribution in [0.4, 0.5) is 8.78 Å². The van der Waals surface area contributed by atoms with Crippen LogP contribution in [0.1, 0.15) is 25.7 Å². The standard InChI is InChI=1S/C12H16F2N2O2S.ClH/c13-9-4-3-5-10(14)11(9)19(17,18)16-12(8-15)6-1-2-7-12;/h3-5,16H,1-2,6-8,15H2;1H. The highest BCUT2D eigenvalue weighted by molar-refractivity contribution is 7.89. The normalized spacial score (nSPS) is 17.8. The molecule has 0 radical (unpaired) electrons. The molecule has 1 aromatic carbocycles. The first-order valence-corrected chi connectivity index (χ1v) is 7.57. The zero-order valence-electron chi connectivity index (χ0n) is 10.7. The average molecular weight is 327 g/mol. The summed E-state index contributed by atoms with van der Waals surface area (Å²) in [5.41, 5.74) is 4.83. The van der Waals surface area contributed by atoms with Crippen molar-refractivity contribution in [3.63, 3.8) is 0 Å². The average Bonchev–Trinajstić information content (AvgIpc) is 2.77. The topological polar surface area (TPSA) is 72.2 Å². The van der Waals surface area contributed by atoms with Crippen LogP contribution >= 0.6 is 12.4 Å². The van der Waals surface area contributed by atoms with E-state index in [0.717, 1.165) is 31.0 Å². The molecule has 0 atom stereocenters. The third-order valence-corrected chi connectivity index (χ3v) is 5.12. The van der Waals surface area contributed by atoms with Crippen LogP contribution in [0.5, 0.6) is 0 Å². The Morgan fingerprint density at radius 2 is 1.70 bits per heavy atom. The molecule has 0 aromatic heterocycles. The molecule has 0 heterocycles. The van der Waals surface area contributed by atoms with Crippen molar-refractivity contribution in [2.24, 2.45) is 5.73 Å². The minimum absolute atomic E-state index is 0. The van der Waals surface area contributed by atoms with Crippen molar-refractivity contribution in [1.29, 1.82) is 0 Å². The SMILES string of the molecule is Cl.NCC1(NS(=O)(=O)c2c(F)cccc2F)CCCC1. The number of halogens is 3. The Morgan fingerprint density at radius 3 is 2.15 bits per heavy atom. The fourth-order valence-electron chi connectivity index (χ4n) is 2.47. The van der Waals surface area contributed by atoms with E-state index >= 15 is 0 Å². The molecule has 20 heavy (non-hydrogen) atoms. The molecular weight excluding hydrogens is 310 g/mol. The van der Waals surface area contributed by atoms with Gasteiger partial charge in [-0.25, -0.2) is 21.9 Å². The van der Waals surface area contributed by atoms with Crippen molar-refractivity contribution >= 4 is 22.4 Å². The maximum atomic E-state index is 13.6. The maximum Gasteiger partial charge on any atom is 0.246 e. The summed E-state index contributed by atoms with van der Waals surface area (Å²) >= 11 is 0. The maximum absolute atomic E-state index is 13.6. The highest BCUT2D eigenvalue weighted by Gasteiger charge is 2.38. The first-order valence-electron chi connectivity index (χ1n) is 6.08. The minimum atomic E-state index is -4.26. The van der Waals surface area contributed by atoms with E-state index in [9.17, 15) is 17.2 Å². The molecule has 0 spiro atoms. The van der Waals surface area contributed by atoms with Crippen molar-refractivity contribution in [3.8, 4) is 0 Å². The lowest BCUT2D eigenvalue weighted by Gasteiger charge is -2.28. The van der Waals surface area contributed by atoms with E-state index in [4.69, 9.17) is 5.73 Å². The fourth-order valence-corrected chi connectivity index (χ4v) is 4.08. The van der Waals surface area contributed by atoms with Gasteiger partial charge in [-0.15, -0.1) is 12.4 Å². The molecule has 114 valence electrons. The van der Waals surface area contributed by atoms with Gasteiger partial charge in [-0.3, -0.25) is 0 Å². The number of hydrogen-bond donors (Lipinski definition) is 2. The lowest BCUT2D eigenvalue weighted by Crippen LogP contribution is -2.51. The number of benzene rings is 1. The Kier molecular flexibility index (Phi) is 5.48. The molecule has 8 heteroatoms. The predicted molar refractivity (Wildman–Crippen MR) is 74.2 cm³/mol. The molecular formula is C12H17ClF2N2O2S. The lowest BCUT2D eigenvalue weighted by atomic mass is 10.0. The van der Waals surface area contributed by atoms with E-state index in [1.807, 2.05) is 0 Å². The molecule has 0 amide bonds. The second-order valence-electron chi connectivity index (χ2n) is 4.85. The zero-order valence-corrected chi connectivity index (χ0v) is 12.4. The van der Waals surface area contributed by atoms with E-state index in [-0.39, 0.29) is 19.0 Å². The van der Waals surface area contributed by atoms with Gasteiger partial charge in [0.25, 0.3) is 0 Å². The van der Waals surface area contributed by atoms with E-state index in [1.54, 1.807) is 0 Å². The number of nitrogens with two attached hydrogens (primary N) is 1. The summed E-state index contributed by atoms with van der Waals surface area (Å²) in [5.74, 6) is -2.20. The molecule has 1 aliphatic rings. The third kappa shape index (κ3) is 3.28. The van der Waals surface area contributed by atoms with Crippen LogP contribution in [0.15, 0.2) is 23.1 Å². The van der Waals surface area contributed by atoms with Crippen molar-refractivity contribution in [2.75, 3.05) is 6.54 Å². The molecule has 1 aromatic rings. The summed E-state index contributed by atoms with van der Waals surface area (Å²) in [4.78, 5) is -0.935. The molecule has 1 fully saturated rings. The van der Waals surface area contributed by atoms with Crippen molar-refractivity contribution in [3.05, 3.63) is 29.8 Å². The Hall–Kier alpha value is -0.760. The summed E-state index contributed by atoms with van der Waals surface area (Å²) in [6.07, 6.45) is 2.86. The zero-order chi connectivity index (χ0) is 14.1. The summed E-state index contributed by atoms with van der Waals surface area (Å²) in [6, 6.07) is 2.96. The van der Waals surface area contributed by atoms with Gasteiger partial charge in [0.15, 0.2) is 4.90 Å². The summed E-state index contributed by atoms with van der Waals surface area (Å²) in [6.45, 7) is 0.113. The van der Waals surface area contributed by atoms with Gasteiger partial charge in [0.1, 0.15) is 11.6 Å². The van der Waals surface area contributed by atoms with Crippen LogP contribution in [0.2, 0.25) is 0 Å². The van der Waals surface area contributed by atoms with Gasteiger partial charge < -0.3 is 5.73 Å². The quantitative estimate of drug-likeness (QED) is 0.888. The molecule has 1 aliphatic carbocycles. The molecule has 0 aliphatic heterocycles. The molecule has 0 bridgehead atoms. The number of nitrogens with one attached hydrogen (secondary N) is 1. The summed E-state index contributed by atoms with van der Waals surface area (Å²) in [7, 11) is -4.26. The fraction of sp³-hybridized carbons (Fsp3) is 0.500. The summed E-state index contributed by atoms with van der Waals surface area (Å²) in [5, 5.41) is 0. The first-order chi connectivity index (χ1) is 8.90. The van der Waals surface area contributed by atoms with Crippen LogP contribution in [-0.4, -0.2) is 20.5 Å². The summed E-state index contributed by atoms with van der Waals surface area (Å²) < 4.78 is 53.8. The smallest absolute Gasteiger partial charge is 0.246 e. The van der Waals surface area contributed by atoms with Crippen molar-refractivity contribution < 1.29 is 17.2 Å². The van der Waals surface area contributed by atoms with Gasteiger partial charge in [-0.05, 0) is 25.0 Å². The number of sulfonamides is 1. The monoisotopic (exact) mass is 326 g/mol. The number of rotatable bonds is 4. The van der Waals surface area contributed by atoms with E-state index < -0.39 is 32.1 Å². The Morgan fingerprint density at radius 1 is 1.20 bits per heavy atom. The van der Waals surface area contributed by atoms with E-state index in [0.29, 0.717) is 12.8 Å². The van der Waals surface area contributed by atoms with Crippen LogP contribution < -0.4 is 10.5 Å². The molecule has 0 saturated heterocycles. The van der Waals surface area contributed by atoms with Crippen molar-refractivity contribution in [2.45, 2.75) is 36.1 Å². The van der Waals surface area contributed by atoms with Crippen LogP contribution in [0.3, 0.4) is 0 Å². The van der Waals surface area contributed by atoms with Gasteiger partial charge in [0, 0.05) is 12.1 Å². The van der Waals surface area contributed by atoms with E-state index in [2.05, 4.69) is 4.72 Å². The highest BCUT2D eigenvalue weighted by atomic mass is 35.5.